The molecule has 21 heavy (non-hydrogen) atoms. The molecular formula is C10H14N5O5P. The van der Waals surface area contributed by atoms with E-state index in [1.807, 2.05) is 0 Å². The van der Waals surface area contributed by atoms with Crippen molar-refractivity contribution in [3.8, 4) is 0 Å². The van der Waals surface area contributed by atoms with E-state index in [-0.39, 0.29) is 5.82 Å². The first-order valence-corrected chi connectivity index (χ1v) is 7.98. The summed E-state index contributed by atoms with van der Waals surface area (Å²) in [6.07, 6.45) is 3.04. The van der Waals surface area contributed by atoms with Crippen LogP contribution in [0, 0.1) is 0 Å². The number of imidazole rings is 1. The summed E-state index contributed by atoms with van der Waals surface area (Å²) >= 11 is 0. The van der Waals surface area contributed by atoms with Crippen LogP contribution in [0.5, 0.6) is 0 Å². The normalized spacial score (nSPS) is 23.0. The van der Waals surface area contributed by atoms with Crippen LogP contribution in [0.1, 0.15) is 12.8 Å². The summed E-state index contributed by atoms with van der Waals surface area (Å²) in [6, 6.07) is 0. The fourth-order valence-corrected chi connectivity index (χ4v) is 2.63. The van der Waals surface area contributed by atoms with Crippen molar-refractivity contribution in [2.45, 2.75) is 18.8 Å². The molecule has 0 aliphatic carbocycles. The topological polar surface area (TPSA) is 146 Å². The minimum absolute atomic E-state index is 0.210. The fourth-order valence-electron chi connectivity index (χ4n) is 2.26. The van der Waals surface area contributed by atoms with Gasteiger partial charge in [-0.3, -0.25) is 9.13 Å². The summed E-state index contributed by atoms with van der Waals surface area (Å²) in [5, 5.41) is 0. The molecule has 0 unspecified atom stereocenters. The molecule has 0 saturated carbocycles. The number of anilines is 1. The van der Waals surface area contributed by atoms with Crippen LogP contribution in [0.15, 0.2) is 12.7 Å². The molecule has 2 aromatic rings. The van der Waals surface area contributed by atoms with Crippen molar-refractivity contribution in [2.24, 2.45) is 0 Å². The van der Waals surface area contributed by atoms with Crippen molar-refractivity contribution >= 4 is 24.6 Å². The summed E-state index contributed by atoms with van der Waals surface area (Å²) in [6.45, 7) is 0.404. The largest absolute Gasteiger partial charge is 0.382 e. The van der Waals surface area contributed by atoms with Crippen LogP contribution in [0.2, 0.25) is 0 Å². The highest BCUT2D eigenvalue weighted by Gasteiger charge is 2.41. The van der Waals surface area contributed by atoms with Crippen molar-refractivity contribution in [2.75, 3.05) is 18.7 Å². The van der Waals surface area contributed by atoms with Gasteiger partial charge in [0.1, 0.15) is 18.2 Å². The number of aromatic nitrogens is 4. The van der Waals surface area contributed by atoms with Gasteiger partial charge in [-0.05, 0) is 6.42 Å². The molecule has 1 saturated heterocycles. The van der Waals surface area contributed by atoms with Gasteiger partial charge in [0.25, 0.3) is 5.91 Å². The van der Waals surface area contributed by atoms with E-state index in [1.54, 1.807) is 0 Å². The number of nitrogen functional groups attached to an aromatic ring is 1. The van der Waals surface area contributed by atoms with Crippen molar-refractivity contribution in [3.63, 3.8) is 0 Å². The maximum atomic E-state index is 11.1. The molecular weight excluding hydrogens is 301 g/mol. The second-order valence-electron chi connectivity index (χ2n) is 4.65. The number of rotatable bonds is 4. The zero-order valence-electron chi connectivity index (χ0n) is 10.9. The second-order valence-corrected chi connectivity index (χ2v) is 6.24. The van der Waals surface area contributed by atoms with Crippen molar-refractivity contribution in [1.29, 1.82) is 0 Å². The Hall–Kier alpha value is -1.58. The molecule has 0 spiro atoms. The first-order chi connectivity index (χ1) is 9.91. The van der Waals surface area contributed by atoms with Gasteiger partial charge >= 0.3 is 7.60 Å². The molecule has 0 amide bonds. The number of ether oxygens (including phenoxy) is 2. The predicted molar refractivity (Wildman–Crippen MR) is 70.9 cm³/mol. The van der Waals surface area contributed by atoms with E-state index in [4.69, 9.17) is 25.0 Å². The molecule has 1 atom stereocenters. The number of hydrogen-bond acceptors (Lipinski definition) is 7. The lowest BCUT2D eigenvalue weighted by Crippen LogP contribution is -2.36. The van der Waals surface area contributed by atoms with Gasteiger partial charge in [-0.25, -0.2) is 15.0 Å². The van der Waals surface area contributed by atoms with Gasteiger partial charge in [-0.2, -0.15) is 0 Å². The highest BCUT2D eigenvalue weighted by molar-refractivity contribution is 7.51. The van der Waals surface area contributed by atoms with Crippen molar-refractivity contribution in [3.05, 3.63) is 12.7 Å². The van der Waals surface area contributed by atoms with Crippen molar-refractivity contribution < 1.29 is 23.8 Å². The smallest absolute Gasteiger partial charge is 0.351 e. The van der Waals surface area contributed by atoms with E-state index in [2.05, 4.69) is 15.0 Å². The summed E-state index contributed by atoms with van der Waals surface area (Å²) < 4.78 is 23.5. The Morgan fingerprint density at radius 2 is 2.29 bits per heavy atom. The number of fused-ring (bicyclic) bond motifs is 1. The van der Waals surface area contributed by atoms with Crippen LogP contribution in [0.4, 0.5) is 5.82 Å². The lowest BCUT2D eigenvalue weighted by Gasteiger charge is -2.29. The number of nitrogens with zero attached hydrogens (tertiary/aromatic N) is 4. The average Bonchev–Trinajstić information content (AvgIpc) is 3.03. The summed E-state index contributed by atoms with van der Waals surface area (Å²) in [5.74, 6) is -1.13. The van der Waals surface area contributed by atoms with Gasteiger partial charge in [0.15, 0.2) is 17.8 Å². The average molecular weight is 315 g/mol. The highest BCUT2D eigenvalue weighted by Crippen LogP contribution is 2.41. The Morgan fingerprint density at radius 1 is 1.48 bits per heavy atom. The van der Waals surface area contributed by atoms with Crippen molar-refractivity contribution in [1.82, 2.24) is 19.5 Å². The molecule has 3 rings (SSSR count). The monoisotopic (exact) mass is 315 g/mol. The summed E-state index contributed by atoms with van der Waals surface area (Å²) in [5.41, 5.74) is 6.49. The third kappa shape index (κ3) is 2.63. The first-order valence-electron chi connectivity index (χ1n) is 6.18. The third-order valence-electron chi connectivity index (χ3n) is 3.15. The predicted octanol–water partition coefficient (Wildman–Crippen LogP) is -0.0190. The zero-order valence-corrected chi connectivity index (χ0v) is 11.8. The van der Waals surface area contributed by atoms with Gasteiger partial charge in [0, 0.05) is 6.42 Å². The van der Waals surface area contributed by atoms with Gasteiger partial charge in [-0.1, -0.05) is 0 Å². The molecule has 3 heterocycles. The first kappa shape index (κ1) is 14.4. The summed E-state index contributed by atoms with van der Waals surface area (Å²) in [4.78, 5) is 30.1. The Labute approximate surface area is 119 Å². The van der Waals surface area contributed by atoms with Gasteiger partial charge in [0.2, 0.25) is 0 Å². The number of nitrogens with two attached hydrogens (primary N) is 1. The van der Waals surface area contributed by atoms with Crippen LogP contribution in [-0.4, -0.2) is 42.3 Å². The van der Waals surface area contributed by atoms with Gasteiger partial charge in [-0.15, -0.1) is 0 Å². The molecule has 4 N–H and O–H groups in total. The third-order valence-corrected chi connectivity index (χ3v) is 3.62. The Kier molecular flexibility index (Phi) is 3.42. The van der Waals surface area contributed by atoms with Gasteiger partial charge in [0.05, 0.1) is 6.61 Å². The van der Waals surface area contributed by atoms with E-state index in [9.17, 15) is 4.57 Å². The molecule has 11 heteroatoms. The van der Waals surface area contributed by atoms with Gasteiger partial charge < -0.3 is 25.0 Å². The molecule has 0 bridgehead atoms. The van der Waals surface area contributed by atoms with E-state index in [1.165, 1.54) is 17.2 Å². The summed E-state index contributed by atoms with van der Waals surface area (Å²) in [7, 11) is -4.33. The van der Waals surface area contributed by atoms with E-state index in [0.29, 0.717) is 30.6 Å². The second kappa shape index (κ2) is 5.00. The Morgan fingerprint density at radius 3 is 2.95 bits per heavy atom. The van der Waals surface area contributed by atoms with Crippen LogP contribution in [-0.2, 0) is 19.9 Å². The van der Waals surface area contributed by atoms with Crippen LogP contribution in [0.25, 0.3) is 11.2 Å². The number of hydrogen-bond donors (Lipinski definition) is 3. The lowest BCUT2D eigenvalue weighted by atomic mass is 10.3. The standard InChI is InChI=1S/C10H14N5O5P/c11-8-7-9(13-4-12-8)15(5-14-7)10(2-1-3-19-10)20-6-21(16,17)18/h4-5H,1-3,6H2,(H2,11,12,13)(H2,16,17,18)/t10-/m0/s1. The maximum Gasteiger partial charge on any atom is 0.351 e. The van der Waals surface area contributed by atoms with Crippen LogP contribution in [0.3, 0.4) is 0 Å². The molecule has 2 aromatic heterocycles. The van der Waals surface area contributed by atoms with E-state index >= 15 is 0 Å². The Bertz CT molecular complexity index is 707. The minimum atomic E-state index is -4.33. The molecule has 1 fully saturated rings. The maximum absolute atomic E-state index is 11.1. The molecule has 0 aromatic carbocycles. The quantitative estimate of drug-likeness (QED) is 0.662. The van der Waals surface area contributed by atoms with E-state index in [0.717, 1.165) is 0 Å². The SMILES string of the molecule is Nc1ncnc2c1ncn2[C@@]1(OCP(=O)(O)O)CCCO1. The zero-order chi connectivity index (χ0) is 15.1. The van der Waals surface area contributed by atoms with Crippen LogP contribution >= 0.6 is 7.60 Å². The Balaban J connectivity index is 2.03. The molecule has 10 nitrogen and oxygen atoms in total. The molecule has 114 valence electrons. The fraction of sp³-hybridized carbons (Fsp3) is 0.500. The highest BCUT2D eigenvalue weighted by atomic mass is 31.2. The van der Waals surface area contributed by atoms with Crippen LogP contribution < -0.4 is 5.73 Å². The lowest BCUT2D eigenvalue weighted by molar-refractivity contribution is -0.259. The van der Waals surface area contributed by atoms with E-state index < -0.39 is 19.9 Å². The molecule has 1 aliphatic rings. The minimum Gasteiger partial charge on any atom is -0.382 e. The molecule has 1 aliphatic heterocycles. The molecule has 0 radical (unpaired) electrons.